The Balaban J connectivity index is 2.46. The van der Waals surface area contributed by atoms with E-state index >= 15 is 0 Å². The van der Waals surface area contributed by atoms with Gasteiger partial charge in [-0.2, -0.15) is 13.2 Å². The highest BCUT2D eigenvalue weighted by Gasteiger charge is 2.33. The summed E-state index contributed by atoms with van der Waals surface area (Å²) in [6.45, 7) is 1.43. The molecule has 0 fully saturated rings. The van der Waals surface area contributed by atoms with Crippen LogP contribution < -0.4 is 9.62 Å². The number of rotatable bonds is 8. The highest BCUT2D eigenvalue weighted by atomic mass is 32.2. The van der Waals surface area contributed by atoms with Crippen molar-refractivity contribution in [2.75, 3.05) is 31.1 Å². The van der Waals surface area contributed by atoms with E-state index in [1.54, 1.807) is 19.1 Å². The van der Waals surface area contributed by atoms with E-state index < -0.39 is 34.2 Å². The monoisotopic (exact) mass is 430 g/mol. The Bertz CT molecular complexity index is 945. The van der Waals surface area contributed by atoms with E-state index in [0.717, 1.165) is 17.7 Å². The number of nitrogens with zero attached hydrogens (tertiary/aromatic N) is 1. The lowest BCUT2D eigenvalue weighted by Crippen LogP contribution is -2.41. The van der Waals surface area contributed by atoms with Crippen LogP contribution in [-0.4, -0.2) is 41.1 Å². The van der Waals surface area contributed by atoms with Crippen molar-refractivity contribution in [1.29, 1.82) is 0 Å². The van der Waals surface area contributed by atoms with Crippen molar-refractivity contribution in [3.05, 3.63) is 59.7 Å². The largest absolute Gasteiger partial charge is 0.416 e. The van der Waals surface area contributed by atoms with Gasteiger partial charge in [-0.1, -0.05) is 23.8 Å². The first-order valence-corrected chi connectivity index (χ1v) is 10.0. The van der Waals surface area contributed by atoms with Gasteiger partial charge in [-0.3, -0.25) is 9.10 Å². The van der Waals surface area contributed by atoms with E-state index in [9.17, 15) is 26.4 Å². The van der Waals surface area contributed by atoms with Crippen molar-refractivity contribution in [1.82, 2.24) is 5.32 Å². The Hall–Kier alpha value is -2.59. The molecule has 0 unspecified atom stereocenters. The minimum absolute atomic E-state index is 0.134. The van der Waals surface area contributed by atoms with Gasteiger partial charge in [-0.25, -0.2) is 8.42 Å². The fourth-order valence-corrected chi connectivity index (χ4v) is 3.88. The highest BCUT2D eigenvalue weighted by Crippen LogP contribution is 2.33. The molecule has 0 saturated carbocycles. The molecule has 1 N–H and O–H groups in total. The molecule has 0 radical (unpaired) electrons. The third-order valence-electron chi connectivity index (χ3n) is 3.99. The zero-order valence-electron chi connectivity index (χ0n) is 15.9. The summed E-state index contributed by atoms with van der Waals surface area (Å²) in [5.74, 6) is -0.671. The summed E-state index contributed by atoms with van der Waals surface area (Å²) in [7, 11) is -2.85. The van der Waals surface area contributed by atoms with Gasteiger partial charge in [0.2, 0.25) is 5.91 Å². The molecule has 1 amide bonds. The van der Waals surface area contributed by atoms with E-state index in [0.29, 0.717) is 10.4 Å². The maximum atomic E-state index is 13.1. The van der Waals surface area contributed by atoms with Crippen LogP contribution in [0.4, 0.5) is 18.9 Å². The molecule has 0 aliphatic carbocycles. The lowest BCUT2D eigenvalue weighted by Gasteiger charge is -2.25. The number of alkyl halides is 3. The second-order valence-electron chi connectivity index (χ2n) is 6.22. The Morgan fingerprint density at radius 2 is 1.79 bits per heavy atom. The molecule has 0 aliphatic rings. The van der Waals surface area contributed by atoms with Crippen LogP contribution in [0.15, 0.2) is 53.4 Å². The Kier molecular flexibility index (Phi) is 7.26. The lowest BCUT2D eigenvalue weighted by atomic mass is 10.2. The van der Waals surface area contributed by atoms with Crippen LogP contribution in [0.3, 0.4) is 0 Å². The molecular formula is C19H21F3N2O4S. The minimum atomic E-state index is -4.66. The highest BCUT2D eigenvalue weighted by molar-refractivity contribution is 7.92. The van der Waals surface area contributed by atoms with Gasteiger partial charge >= 0.3 is 6.18 Å². The Labute approximate surface area is 167 Å². The number of ether oxygens (including phenoxy) is 1. The molecule has 0 saturated heterocycles. The van der Waals surface area contributed by atoms with Crippen molar-refractivity contribution >= 4 is 21.6 Å². The van der Waals surface area contributed by atoms with Crippen LogP contribution in [0.2, 0.25) is 0 Å². The first-order valence-electron chi connectivity index (χ1n) is 8.58. The fraction of sp³-hybridized carbons (Fsp3) is 0.316. The number of benzene rings is 2. The molecule has 0 bridgehead atoms. The number of carbonyl (C=O) groups is 1. The predicted molar refractivity (Wildman–Crippen MR) is 102 cm³/mol. The zero-order valence-corrected chi connectivity index (χ0v) is 16.7. The summed E-state index contributed by atoms with van der Waals surface area (Å²) in [4.78, 5) is 12.1. The summed E-state index contributed by atoms with van der Waals surface area (Å²) in [6.07, 6.45) is -4.66. The van der Waals surface area contributed by atoms with Crippen LogP contribution >= 0.6 is 0 Å². The maximum Gasteiger partial charge on any atom is 0.416 e. The molecule has 10 heteroatoms. The van der Waals surface area contributed by atoms with Gasteiger partial charge < -0.3 is 10.1 Å². The number of nitrogens with one attached hydrogen (secondary N) is 1. The van der Waals surface area contributed by atoms with Crippen molar-refractivity contribution in [2.45, 2.75) is 18.0 Å². The van der Waals surface area contributed by atoms with Crippen LogP contribution in [-0.2, 0) is 25.7 Å². The molecule has 158 valence electrons. The molecular weight excluding hydrogens is 409 g/mol. The normalized spacial score (nSPS) is 11.9. The molecule has 0 spiro atoms. The second kappa shape index (κ2) is 9.27. The molecule has 29 heavy (non-hydrogen) atoms. The van der Waals surface area contributed by atoms with Crippen LogP contribution in [0.1, 0.15) is 11.1 Å². The summed E-state index contributed by atoms with van der Waals surface area (Å²) < 4.78 is 71.0. The Morgan fingerprint density at radius 3 is 2.38 bits per heavy atom. The van der Waals surface area contributed by atoms with Gasteiger partial charge in [0.15, 0.2) is 0 Å². The number of sulfonamides is 1. The molecule has 2 aromatic rings. The average molecular weight is 430 g/mol. The van der Waals surface area contributed by atoms with Gasteiger partial charge in [-0.05, 0) is 37.3 Å². The summed E-state index contributed by atoms with van der Waals surface area (Å²) in [5.41, 5.74) is -0.465. The van der Waals surface area contributed by atoms with Crippen molar-refractivity contribution in [3.8, 4) is 0 Å². The van der Waals surface area contributed by atoms with E-state index in [2.05, 4.69) is 5.32 Å². The lowest BCUT2D eigenvalue weighted by molar-refractivity contribution is -0.137. The van der Waals surface area contributed by atoms with E-state index in [4.69, 9.17) is 4.74 Å². The molecule has 2 aromatic carbocycles. The van der Waals surface area contributed by atoms with Gasteiger partial charge in [0.25, 0.3) is 10.0 Å². The van der Waals surface area contributed by atoms with Crippen molar-refractivity contribution in [3.63, 3.8) is 0 Å². The number of carbonyl (C=O) groups excluding carboxylic acids is 1. The van der Waals surface area contributed by atoms with E-state index in [-0.39, 0.29) is 23.7 Å². The van der Waals surface area contributed by atoms with E-state index in [1.807, 2.05) is 0 Å². The van der Waals surface area contributed by atoms with Gasteiger partial charge in [0, 0.05) is 13.7 Å². The summed E-state index contributed by atoms with van der Waals surface area (Å²) in [6, 6.07) is 9.66. The topological polar surface area (TPSA) is 75.7 Å². The minimum Gasteiger partial charge on any atom is -0.383 e. The maximum absolute atomic E-state index is 13.1. The SMILES string of the molecule is COCCNC(=O)CN(c1cccc(C(F)(F)F)c1)S(=O)(=O)c1ccc(C)cc1. The summed E-state index contributed by atoms with van der Waals surface area (Å²) in [5, 5.41) is 2.47. The number of methoxy groups -OCH3 is 1. The number of halogens is 3. The third kappa shape index (κ3) is 5.94. The average Bonchev–Trinajstić information content (AvgIpc) is 2.66. The molecule has 0 aromatic heterocycles. The van der Waals surface area contributed by atoms with E-state index in [1.165, 1.54) is 25.3 Å². The van der Waals surface area contributed by atoms with Crippen LogP contribution in [0.25, 0.3) is 0 Å². The van der Waals surface area contributed by atoms with Gasteiger partial charge in [0.1, 0.15) is 6.54 Å². The quantitative estimate of drug-likeness (QED) is 0.654. The standard InChI is InChI=1S/C19H21F3N2O4S/c1-14-6-8-17(9-7-14)29(26,27)24(13-18(25)23-10-11-28-2)16-5-3-4-15(12-16)19(20,21)22/h3-9,12H,10-11,13H2,1-2H3,(H,23,25). The number of amides is 1. The van der Waals surface area contributed by atoms with Crippen molar-refractivity contribution < 1.29 is 31.1 Å². The molecule has 0 heterocycles. The van der Waals surface area contributed by atoms with Crippen LogP contribution in [0.5, 0.6) is 0 Å². The Morgan fingerprint density at radius 1 is 1.14 bits per heavy atom. The van der Waals surface area contributed by atoms with Crippen LogP contribution in [0, 0.1) is 6.92 Å². The zero-order chi connectivity index (χ0) is 21.7. The predicted octanol–water partition coefficient (Wildman–Crippen LogP) is 2.97. The summed E-state index contributed by atoms with van der Waals surface area (Å²) >= 11 is 0. The van der Waals surface area contributed by atoms with Gasteiger partial charge in [-0.15, -0.1) is 0 Å². The number of hydrogen-bond acceptors (Lipinski definition) is 4. The van der Waals surface area contributed by atoms with Gasteiger partial charge in [0.05, 0.1) is 22.8 Å². The molecule has 6 nitrogen and oxygen atoms in total. The number of aryl methyl sites for hydroxylation is 1. The fourth-order valence-electron chi connectivity index (χ4n) is 2.47. The number of anilines is 1. The first kappa shape index (κ1) is 22.7. The first-order chi connectivity index (χ1) is 13.6. The molecule has 0 aliphatic heterocycles. The van der Waals surface area contributed by atoms with Crippen molar-refractivity contribution in [2.24, 2.45) is 0 Å². The molecule has 0 atom stereocenters. The second-order valence-corrected chi connectivity index (χ2v) is 8.08. The smallest absolute Gasteiger partial charge is 0.383 e. The number of hydrogen-bond donors (Lipinski definition) is 1. The molecule has 2 rings (SSSR count). The third-order valence-corrected chi connectivity index (χ3v) is 5.77.